The minimum atomic E-state index is -0.718. The van der Waals surface area contributed by atoms with Crippen molar-refractivity contribution in [1.29, 1.82) is 0 Å². The van der Waals surface area contributed by atoms with Crippen LogP contribution in [0.1, 0.15) is 52.4 Å². The maximum atomic E-state index is 12.9. The van der Waals surface area contributed by atoms with E-state index in [1.165, 1.54) is 24.2 Å². The molecule has 3 aliphatic heterocycles. The number of epoxide rings is 2. The second-order valence-corrected chi connectivity index (χ2v) is 7.16. The second kappa shape index (κ2) is 6.77. The highest BCUT2D eigenvalue weighted by atomic mass is 16.6. The molecule has 3 saturated heterocycles. The van der Waals surface area contributed by atoms with Gasteiger partial charge in [0.05, 0.1) is 38.5 Å². The van der Waals surface area contributed by atoms with E-state index in [9.17, 15) is 9.59 Å². The highest BCUT2D eigenvalue weighted by molar-refractivity contribution is 6.06. The molecule has 23 heavy (non-hydrogen) atoms. The molecule has 0 aromatic rings. The summed E-state index contributed by atoms with van der Waals surface area (Å²) in [6.07, 6.45) is 6.59. The molecule has 0 aromatic carbocycles. The van der Waals surface area contributed by atoms with Crippen molar-refractivity contribution in [3.63, 3.8) is 0 Å². The molecule has 3 heterocycles. The van der Waals surface area contributed by atoms with E-state index >= 15 is 0 Å². The zero-order chi connectivity index (χ0) is 16.4. The summed E-state index contributed by atoms with van der Waals surface area (Å²) in [5.41, 5.74) is -0.718. The maximum absolute atomic E-state index is 12.9. The highest BCUT2D eigenvalue weighted by Crippen LogP contribution is 2.35. The zero-order valence-electron chi connectivity index (χ0n) is 14.3. The number of nitrogens with zero attached hydrogens (tertiary/aromatic N) is 2. The predicted molar refractivity (Wildman–Crippen MR) is 85.1 cm³/mol. The Morgan fingerprint density at radius 3 is 2.26 bits per heavy atom. The molecule has 3 amide bonds. The lowest BCUT2D eigenvalue weighted by Gasteiger charge is -2.31. The predicted octanol–water partition coefficient (Wildman–Crippen LogP) is 2.17. The van der Waals surface area contributed by atoms with Gasteiger partial charge in [0.15, 0.2) is 0 Å². The van der Waals surface area contributed by atoms with Crippen LogP contribution >= 0.6 is 0 Å². The van der Waals surface area contributed by atoms with Crippen LogP contribution in [0.15, 0.2) is 0 Å². The number of ether oxygens (including phenoxy) is 2. The lowest BCUT2D eigenvalue weighted by molar-refractivity contribution is -0.133. The molecular weight excluding hydrogens is 296 g/mol. The largest absolute Gasteiger partial charge is 0.371 e. The highest BCUT2D eigenvalue weighted by Gasteiger charge is 2.55. The van der Waals surface area contributed by atoms with Crippen LogP contribution in [0.3, 0.4) is 0 Å². The van der Waals surface area contributed by atoms with Gasteiger partial charge in [-0.15, -0.1) is 0 Å². The van der Waals surface area contributed by atoms with Gasteiger partial charge in [0.25, 0.3) is 5.91 Å². The lowest BCUT2D eigenvalue weighted by Crippen LogP contribution is -2.48. The molecular formula is C17H28N2O4. The number of urea groups is 1. The van der Waals surface area contributed by atoms with Crippen LogP contribution in [-0.4, -0.2) is 65.8 Å². The molecule has 0 N–H and O–H groups in total. The standard InChI is InChI=1S/C17H28N2O4/c1-3-4-5-6-7-8-17(2)15(20)18(9-13-11-22-13)16(21)19(17)10-14-12-23-14/h13-14H,3-12H2,1-2H3. The average Bonchev–Trinajstić information content (AvgIpc) is 3.43. The summed E-state index contributed by atoms with van der Waals surface area (Å²) in [6.45, 7) is 6.37. The van der Waals surface area contributed by atoms with E-state index in [4.69, 9.17) is 9.47 Å². The van der Waals surface area contributed by atoms with E-state index < -0.39 is 5.54 Å². The third-order valence-corrected chi connectivity index (χ3v) is 5.11. The van der Waals surface area contributed by atoms with E-state index in [0.717, 1.165) is 19.3 Å². The molecule has 3 atom stereocenters. The van der Waals surface area contributed by atoms with Crippen LogP contribution in [0, 0.1) is 0 Å². The van der Waals surface area contributed by atoms with Crippen molar-refractivity contribution < 1.29 is 19.1 Å². The average molecular weight is 324 g/mol. The normalized spacial score (nSPS) is 32.8. The molecule has 0 aromatic heterocycles. The lowest BCUT2D eigenvalue weighted by atomic mass is 9.92. The van der Waals surface area contributed by atoms with E-state index in [-0.39, 0.29) is 24.1 Å². The molecule has 6 nitrogen and oxygen atoms in total. The molecule has 3 unspecified atom stereocenters. The molecule has 0 saturated carbocycles. The number of hydrogen-bond donors (Lipinski definition) is 0. The molecule has 6 heteroatoms. The maximum Gasteiger partial charge on any atom is 0.327 e. The van der Waals surface area contributed by atoms with Gasteiger partial charge in [0, 0.05) is 0 Å². The van der Waals surface area contributed by atoms with Crippen LogP contribution in [0.5, 0.6) is 0 Å². The Hall–Kier alpha value is -1.14. The Labute approximate surface area is 138 Å². The Kier molecular flexibility index (Phi) is 4.92. The Morgan fingerprint density at radius 1 is 1.04 bits per heavy atom. The molecule has 0 bridgehead atoms. The van der Waals surface area contributed by atoms with Gasteiger partial charge in [-0.1, -0.05) is 39.0 Å². The van der Waals surface area contributed by atoms with E-state index in [1.54, 1.807) is 4.90 Å². The van der Waals surface area contributed by atoms with Crippen LogP contribution < -0.4 is 0 Å². The Bertz CT molecular complexity index is 462. The molecule has 130 valence electrons. The summed E-state index contributed by atoms with van der Waals surface area (Å²) in [4.78, 5) is 28.8. The molecule has 3 aliphatic rings. The van der Waals surface area contributed by atoms with Crippen molar-refractivity contribution in [3.05, 3.63) is 0 Å². The smallest absolute Gasteiger partial charge is 0.327 e. The summed E-state index contributed by atoms with van der Waals surface area (Å²) in [5.74, 6) is -0.0610. The van der Waals surface area contributed by atoms with Crippen molar-refractivity contribution in [2.24, 2.45) is 0 Å². The number of rotatable bonds is 10. The van der Waals surface area contributed by atoms with Crippen molar-refractivity contribution in [3.8, 4) is 0 Å². The number of carbonyl (C=O) groups excluding carboxylic acids is 2. The van der Waals surface area contributed by atoms with Gasteiger partial charge >= 0.3 is 6.03 Å². The van der Waals surface area contributed by atoms with Crippen LogP contribution in [-0.2, 0) is 14.3 Å². The van der Waals surface area contributed by atoms with Crippen molar-refractivity contribution in [2.45, 2.75) is 70.1 Å². The molecule has 0 radical (unpaired) electrons. The van der Waals surface area contributed by atoms with Gasteiger partial charge < -0.3 is 14.4 Å². The van der Waals surface area contributed by atoms with Crippen molar-refractivity contribution in [2.75, 3.05) is 26.3 Å². The van der Waals surface area contributed by atoms with Gasteiger partial charge in [-0.05, 0) is 13.3 Å². The van der Waals surface area contributed by atoms with Crippen LogP contribution in [0.25, 0.3) is 0 Å². The molecule has 3 rings (SSSR count). The van der Waals surface area contributed by atoms with Gasteiger partial charge in [-0.3, -0.25) is 9.69 Å². The van der Waals surface area contributed by atoms with E-state index in [2.05, 4.69) is 6.92 Å². The number of hydrogen-bond acceptors (Lipinski definition) is 4. The van der Waals surface area contributed by atoms with Gasteiger partial charge in [-0.2, -0.15) is 0 Å². The zero-order valence-corrected chi connectivity index (χ0v) is 14.3. The fourth-order valence-corrected chi connectivity index (χ4v) is 3.36. The first kappa shape index (κ1) is 16.7. The third kappa shape index (κ3) is 3.69. The monoisotopic (exact) mass is 324 g/mol. The summed E-state index contributed by atoms with van der Waals surface area (Å²) >= 11 is 0. The van der Waals surface area contributed by atoms with Crippen LogP contribution in [0.4, 0.5) is 4.79 Å². The van der Waals surface area contributed by atoms with Crippen molar-refractivity contribution in [1.82, 2.24) is 9.80 Å². The van der Waals surface area contributed by atoms with Crippen molar-refractivity contribution >= 4 is 11.9 Å². The quantitative estimate of drug-likeness (QED) is 0.351. The summed E-state index contributed by atoms with van der Waals surface area (Å²) in [6, 6.07) is -0.169. The topological polar surface area (TPSA) is 65.7 Å². The first-order valence-corrected chi connectivity index (χ1v) is 8.93. The Balaban J connectivity index is 1.64. The Morgan fingerprint density at radius 2 is 1.65 bits per heavy atom. The van der Waals surface area contributed by atoms with E-state index in [1.807, 2.05) is 6.92 Å². The summed E-state index contributed by atoms with van der Waals surface area (Å²) in [7, 11) is 0. The number of imide groups is 1. The summed E-state index contributed by atoms with van der Waals surface area (Å²) < 4.78 is 10.5. The fraction of sp³-hybridized carbons (Fsp3) is 0.882. The summed E-state index contributed by atoms with van der Waals surface area (Å²) in [5, 5.41) is 0. The molecule has 0 spiro atoms. The number of amides is 3. The van der Waals surface area contributed by atoms with Gasteiger partial charge in [-0.25, -0.2) is 4.79 Å². The first-order chi connectivity index (χ1) is 11.1. The van der Waals surface area contributed by atoms with Crippen LogP contribution in [0.2, 0.25) is 0 Å². The third-order valence-electron chi connectivity index (χ3n) is 5.11. The molecule has 0 aliphatic carbocycles. The number of unbranched alkanes of at least 4 members (excludes halogenated alkanes) is 4. The second-order valence-electron chi connectivity index (χ2n) is 7.16. The van der Waals surface area contributed by atoms with E-state index in [0.29, 0.717) is 26.3 Å². The number of carbonyl (C=O) groups is 2. The minimum Gasteiger partial charge on any atom is -0.371 e. The first-order valence-electron chi connectivity index (χ1n) is 8.93. The van der Waals surface area contributed by atoms with Gasteiger partial charge in [0.1, 0.15) is 5.54 Å². The SMILES string of the molecule is CCCCCCCC1(C)C(=O)N(CC2CO2)C(=O)N1CC1CO1. The fourth-order valence-electron chi connectivity index (χ4n) is 3.36. The van der Waals surface area contributed by atoms with Gasteiger partial charge in [0.2, 0.25) is 0 Å². The minimum absolute atomic E-state index is 0.0360. The molecule has 3 fully saturated rings.